The first-order chi connectivity index (χ1) is 23.4. The van der Waals surface area contributed by atoms with Crippen molar-refractivity contribution >= 4 is 40.0 Å². The molecule has 0 aliphatic heterocycles. The summed E-state index contributed by atoms with van der Waals surface area (Å²) >= 11 is 0. The lowest BCUT2D eigenvalue weighted by Gasteiger charge is -2.14. The molecule has 0 aliphatic carbocycles. The van der Waals surface area contributed by atoms with Crippen LogP contribution in [0.15, 0.2) is 85.1 Å². The van der Waals surface area contributed by atoms with Gasteiger partial charge in [-0.3, -0.25) is 10.1 Å². The fraction of sp³-hybridized carbons (Fsp3) is 0.297. The Labute approximate surface area is 280 Å². The van der Waals surface area contributed by atoms with Crippen molar-refractivity contribution in [2.75, 3.05) is 49.5 Å². The van der Waals surface area contributed by atoms with Crippen LogP contribution in [-0.2, 0) is 27.1 Å². The van der Waals surface area contributed by atoms with Gasteiger partial charge in [-0.25, -0.2) is 14.5 Å². The molecule has 0 bridgehead atoms. The van der Waals surface area contributed by atoms with Crippen LogP contribution in [0.1, 0.15) is 36.6 Å². The Balaban J connectivity index is 1.22. The summed E-state index contributed by atoms with van der Waals surface area (Å²) in [6, 6.07) is 24.8. The van der Waals surface area contributed by atoms with Gasteiger partial charge in [-0.05, 0) is 61.7 Å². The number of anilines is 3. The van der Waals surface area contributed by atoms with Crippen molar-refractivity contribution < 1.29 is 23.8 Å². The molecule has 11 nitrogen and oxygen atoms in total. The number of fused-ring (bicyclic) bond motifs is 1. The molecule has 11 heteroatoms. The first kappa shape index (κ1) is 34.1. The fourth-order valence-electron chi connectivity index (χ4n) is 5.12. The average Bonchev–Trinajstić information content (AvgIpc) is 3.49. The summed E-state index contributed by atoms with van der Waals surface area (Å²) in [5.41, 5.74) is 4.57. The van der Waals surface area contributed by atoms with Crippen molar-refractivity contribution in [3.63, 3.8) is 0 Å². The molecule has 5 aromatic rings. The van der Waals surface area contributed by atoms with Gasteiger partial charge >= 0.3 is 6.03 Å². The summed E-state index contributed by atoms with van der Waals surface area (Å²) in [5.74, 6) is 1.46. The molecular formula is C37H42N6O5. The van der Waals surface area contributed by atoms with E-state index in [4.69, 9.17) is 19.3 Å². The van der Waals surface area contributed by atoms with Gasteiger partial charge in [0.15, 0.2) is 0 Å². The third-order valence-corrected chi connectivity index (χ3v) is 7.60. The molecule has 5 rings (SSSR count). The molecule has 0 aliphatic rings. The molecule has 2 aromatic heterocycles. The number of methoxy groups -OCH3 is 1. The second-order valence-corrected chi connectivity index (χ2v) is 11.3. The predicted molar refractivity (Wildman–Crippen MR) is 188 cm³/mol. The topological polar surface area (TPSA) is 129 Å². The number of hydrogen-bond acceptors (Lipinski definition) is 7. The molecule has 48 heavy (non-hydrogen) atoms. The number of aryl methyl sites for hydroxylation is 2. The molecule has 3 amide bonds. The number of nitrogens with one attached hydrogen (secondary N) is 3. The van der Waals surface area contributed by atoms with Gasteiger partial charge < -0.3 is 24.8 Å². The van der Waals surface area contributed by atoms with Gasteiger partial charge in [0.25, 0.3) is 5.91 Å². The first-order valence-corrected chi connectivity index (χ1v) is 16.1. The van der Waals surface area contributed by atoms with Gasteiger partial charge in [-0.2, -0.15) is 5.10 Å². The van der Waals surface area contributed by atoms with Crippen molar-refractivity contribution in [2.45, 2.75) is 39.5 Å². The molecule has 0 saturated heterocycles. The van der Waals surface area contributed by atoms with Crippen LogP contribution in [0.25, 0.3) is 16.5 Å². The molecule has 0 fully saturated rings. The Bertz CT molecular complexity index is 1820. The molecule has 3 N–H and O–H groups in total. The van der Waals surface area contributed by atoms with E-state index < -0.39 is 0 Å². The van der Waals surface area contributed by atoms with Crippen LogP contribution in [0, 0.1) is 6.92 Å². The Morgan fingerprint density at radius 3 is 2.46 bits per heavy atom. The number of hydrogen-bond donors (Lipinski definition) is 3. The van der Waals surface area contributed by atoms with E-state index in [-0.39, 0.29) is 18.5 Å². The van der Waals surface area contributed by atoms with E-state index in [9.17, 15) is 9.59 Å². The minimum atomic E-state index is -0.369. The summed E-state index contributed by atoms with van der Waals surface area (Å²) < 4.78 is 18.2. The van der Waals surface area contributed by atoms with Crippen molar-refractivity contribution in [3.05, 3.63) is 102 Å². The maximum absolute atomic E-state index is 13.3. The summed E-state index contributed by atoms with van der Waals surface area (Å²) in [6.45, 7) is 5.28. The largest absolute Gasteiger partial charge is 0.493 e. The summed E-state index contributed by atoms with van der Waals surface area (Å²) in [5, 5.41) is 15.3. The quantitative estimate of drug-likeness (QED) is 0.0987. The highest BCUT2D eigenvalue weighted by atomic mass is 16.5. The van der Waals surface area contributed by atoms with Crippen molar-refractivity contribution in [3.8, 4) is 11.4 Å². The zero-order valence-corrected chi connectivity index (χ0v) is 27.6. The van der Waals surface area contributed by atoms with E-state index in [1.165, 1.54) is 0 Å². The van der Waals surface area contributed by atoms with E-state index >= 15 is 0 Å². The Morgan fingerprint density at radius 1 is 0.854 bits per heavy atom. The maximum Gasteiger partial charge on any atom is 0.324 e. The lowest BCUT2D eigenvalue weighted by Crippen LogP contribution is -2.21. The first-order valence-electron chi connectivity index (χ1n) is 16.1. The van der Waals surface area contributed by atoms with Crippen molar-refractivity contribution in [1.29, 1.82) is 0 Å². The van der Waals surface area contributed by atoms with Crippen LogP contribution in [0.5, 0.6) is 5.75 Å². The zero-order valence-electron chi connectivity index (χ0n) is 27.6. The number of nitrogens with zero attached hydrogens (tertiary/aromatic N) is 3. The van der Waals surface area contributed by atoms with E-state index in [0.717, 1.165) is 52.5 Å². The van der Waals surface area contributed by atoms with Crippen LogP contribution >= 0.6 is 0 Å². The monoisotopic (exact) mass is 650 g/mol. The molecule has 250 valence electrons. The summed E-state index contributed by atoms with van der Waals surface area (Å²) in [4.78, 5) is 29.7. The van der Waals surface area contributed by atoms with Crippen LogP contribution in [-0.4, -0.2) is 60.2 Å². The predicted octanol–water partition coefficient (Wildman–Crippen LogP) is 6.94. The highest BCUT2D eigenvalue weighted by molar-refractivity contribution is 6.07. The number of aromatic nitrogens is 3. The van der Waals surface area contributed by atoms with Crippen molar-refractivity contribution in [2.24, 2.45) is 0 Å². The Kier molecular flexibility index (Phi) is 12.1. The SMILES string of the molecule is CCCCc1cc(NC(=O)Nc2ccc(OCCc3ccnc(NC(=O)COCCOC)c3)c3ccccc23)n(-c2ccc(C)cc2)n1. The Hall–Kier alpha value is -5.26. The van der Waals surface area contributed by atoms with Gasteiger partial charge in [0.2, 0.25) is 0 Å². The van der Waals surface area contributed by atoms with E-state index in [1.807, 2.05) is 85.8 Å². The van der Waals surface area contributed by atoms with Gasteiger partial charge in [-0.1, -0.05) is 55.3 Å². The summed E-state index contributed by atoms with van der Waals surface area (Å²) in [7, 11) is 1.58. The number of rotatable bonds is 16. The number of carbonyl (C=O) groups is 2. The standard InChI is InChI=1S/C37H42N6O5/c1-4-5-8-28-24-35(43(42-28)29-13-11-26(2)12-14-29)41-37(45)39-32-15-16-33(31-10-7-6-9-30(31)32)48-20-18-27-17-19-38-34(23-27)40-36(44)25-47-22-21-46-3/h6-7,9-17,19,23-24H,4-5,8,18,20-22,25H2,1-3H3,(H,38,40,44)(H2,39,41,45). The normalized spacial score (nSPS) is 11.0. The number of ether oxygens (including phenoxy) is 3. The van der Waals surface area contributed by atoms with Crippen LogP contribution in [0.2, 0.25) is 0 Å². The van der Waals surface area contributed by atoms with E-state index in [1.54, 1.807) is 18.0 Å². The Morgan fingerprint density at radius 2 is 1.67 bits per heavy atom. The van der Waals surface area contributed by atoms with Crippen LogP contribution in [0.4, 0.5) is 22.1 Å². The van der Waals surface area contributed by atoms with Gasteiger partial charge in [0.1, 0.15) is 24.0 Å². The molecule has 2 heterocycles. The van der Waals surface area contributed by atoms with Crippen molar-refractivity contribution in [1.82, 2.24) is 14.8 Å². The van der Waals surface area contributed by atoms with Gasteiger partial charge in [0.05, 0.1) is 36.9 Å². The number of carbonyl (C=O) groups excluding carboxylic acids is 2. The molecule has 0 unspecified atom stereocenters. The number of pyridine rings is 1. The summed E-state index contributed by atoms with van der Waals surface area (Å²) in [6.07, 6.45) is 5.16. The third kappa shape index (κ3) is 9.40. The van der Waals surface area contributed by atoms with E-state index in [2.05, 4.69) is 27.9 Å². The van der Waals surface area contributed by atoms with E-state index in [0.29, 0.717) is 49.3 Å². The lowest BCUT2D eigenvalue weighted by atomic mass is 10.1. The molecule has 0 atom stereocenters. The zero-order chi connectivity index (χ0) is 33.7. The highest BCUT2D eigenvalue weighted by Gasteiger charge is 2.15. The second kappa shape index (κ2) is 17.1. The number of unbranched alkanes of at least 4 members (excludes halogenated alkanes) is 1. The van der Waals surface area contributed by atoms with Crippen LogP contribution < -0.4 is 20.7 Å². The highest BCUT2D eigenvalue weighted by Crippen LogP contribution is 2.32. The third-order valence-electron chi connectivity index (χ3n) is 7.60. The molecule has 3 aromatic carbocycles. The minimum Gasteiger partial charge on any atom is -0.493 e. The molecule has 0 radical (unpaired) electrons. The number of amides is 3. The molecule has 0 spiro atoms. The van der Waals surface area contributed by atoms with Gasteiger partial charge in [0, 0.05) is 36.6 Å². The fourth-order valence-corrected chi connectivity index (χ4v) is 5.12. The maximum atomic E-state index is 13.3. The van der Waals surface area contributed by atoms with Crippen LogP contribution in [0.3, 0.4) is 0 Å². The number of urea groups is 1. The second-order valence-electron chi connectivity index (χ2n) is 11.3. The lowest BCUT2D eigenvalue weighted by molar-refractivity contribution is -0.121. The van der Waals surface area contributed by atoms with Gasteiger partial charge in [-0.15, -0.1) is 0 Å². The molecular weight excluding hydrogens is 608 g/mol. The number of benzene rings is 3. The average molecular weight is 651 g/mol. The molecule has 0 saturated carbocycles. The minimum absolute atomic E-state index is 0.0733. The smallest absolute Gasteiger partial charge is 0.324 e.